The van der Waals surface area contributed by atoms with Gasteiger partial charge in [-0.3, -0.25) is 4.79 Å². The van der Waals surface area contributed by atoms with Crippen LogP contribution in [0.15, 0.2) is 18.2 Å². The molecule has 1 aliphatic rings. The Balaban J connectivity index is 1.91. The number of alkyl halides is 3. The van der Waals surface area contributed by atoms with Gasteiger partial charge in [0.2, 0.25) is 0 Å². The first-order valence-electron chi connectivity index (χ1n) is 6.35. The van der Waals surface area contributed by atoms with Crippen LogP contribution in [-0.4, -0.2) is 31.2 Å². The first-order valence-corrected chi connectivity index (χ1v) is 7.10. The fraction of sp³-hybridized carbons (Fsp3) is 0.462. The monoisotopic (exact) mass is 340 g/mol. The van der Waals surface area contributed by atoms with Crippen LogP contribution >= 0.6 is 23.2 Å². The summed E-state index contributed by atoms with van der Waals surface area (Å²) in [5.74, 6) is -1.88. The van der Waals surface area contributed by atoms with E-state index in [9.17, 15) is 18.0 Å². The zero-order valence-corrected chi connectivity index (χ0v) is 12.4. The normalized spacial score (nSPS) is 16.9. The first-order chi connectivity index (χ1) is 9.77. The van der Waals surface area contributed by atoms with Crippen LogP contribution in [0.4, 0.5) is 18.9 Å². The number of amides is 1. The number of anilines is 1. The highest BCUT2D eigenvalue weighted by Crippen LogP contribution is 2.29. The third kappa shape index (κ3) is 4.17. The lowest BCUT2D eigenvalue weighted by molar-refractivity contribution is -0.174. The molecule has 0 saturated carbocycles. The van der Waals surface area contributed by atoms with Gasteiger partial charge in [-0.25, -0.2) is 0 Å². The van der Waals surface area contributed by atoms with Gasteiger partial charge in [0.1, 0.15) is 0 Å². The third-order valence-corrected chi connectivity index (χ3v) is 4.10. The molecule has 0 atom stereocenters. The van der Waals surface area contributed by atoms with Crippen molar-refractivity contribution in [3.63, 3.8) is 0 Å². The minimum atomic E-state index is -4.83. The molecule has 2 rings (SSSR count). The Hall–Kier alpha value is -1.14. The maximum absolute atomic E-state index is 12.2. The van der Waals surface area contributed by atoms with Crippen molar-refractivity contribution in [2.24, 2.45) is 0 Å². The molecule has 1 fully saturated rings. The van der Waals surface area contributed by atoms with Crippen LogP contribution in [0.2, 0.25) is 10.0 Å². The fourth-order valence-electron chi connectivity index (χ4n) is 2.23. The standard InChI is InChI=1S/C13H13Cl2F3N2O/c14-10-2-1-9(7-11(10)15)20-5-3-8(4-6-20)19-12(21)13(16,17)18/h1-2,7-8H,3-6H2,(H,19,21). The minimum absolute atomic E-state index is 0.432. The van der Waals surface area contributed by atoms with Crippen molar-refractivity contribution in [1.29, 1.82) is 0 Å². The van der Waals surface area contributed by atoms with Crippen molar-refractivity contribution in [2.45, 2.75) is 25.1 Å². The predicted octanol–water partition coefficient (Wildman–Crippen LogP) is 3.64. The summed E-state index contributed by atoms with van der Waals surface area (Å²) in [7, 11) is 0. The molecular weight excluding hydrogens is 328 g/mol. The van der Waals surface area contributed by atoms with Gasteiger partial charge in [-0.05, 0) is 31.0 Å². The molecule has 1 N–H and O–H groups in total. The van der Waals surface area contributed by atoms with Crippen LogP contribution in [-0.2, 0) is 4.79 Å². The van der Waals surface area contributed by atoms with E-state index in [-0.39, 0.29) is 0 Å². The Bertz CT molecular complexity index is 529. The molecule has 21 heavy (non-hydrogen) atoms. The van der Waals surface area contributed by atoms with E-state index in [1.54, 1.807) is 12.1 Å². The second-order valence-corrected chi connectivity index (χ2v) is 5.65. The molecule has 0 unspecified atom stereocenters. The molecule has 1 saturated heterocycles. The summed E-state index contributed by atoms with van der Waals surface area (Å²) in [5.41, 5.74) is 0.866. The van der Waals surface area contributed by atoms with E-state index >= 15 is 0 Å². The average Bonchev–Trinajstić information content (AvgIpc) is 2.42. The van der Waals surface area contributed by atoms with E-state index in [1.807, 2.05) is 16.3 Å². The number of nitrogens with zero attached hydrogens (tertiary/aromatic N) is 1. The van der Waals surface area contributed by atoms with Gasteiger partial charge in [-0.15, -0.1) is 0 Å². The zero-order valence-electron chi connectivity index (χ0n) is 10.9. The fourth-order valence-corrected chi connectivity index (χ4v) is 2.52. The van der Waals surface area contributed by atoms with Crippen LogP contribution in [0.25, 0.3) is 0 Å². The van der Waals surface area contributed by atoms with Crippen molar-refractivity contribution in [3.8, 4) is 0 Å². The Morgan fingerprint density at radius 1 is 1.19 bits per heavy atom. The molecule has 0 spiro atoms. The van der Waals surface area contributed by atoms with E-state index in [0.29, 0.717) is 36.0 Å². The van der Waals surface area contributed by atoms with E-state index < -0.39 is 18.1 Å². The Kier molecular flexibility index (Phi) is 4.88. The summed E-state index contributed by atoms with van der Waals surface area (Å²) in [4.78, 5) is 12.9. The van der Waals surface area contributed by atoms with Gasteiger partial charge >= 0.3 is 12.1 Å². The zero-order chi connectivity index (χ0) is 15.6. The molecule has 1 amide bonds. The smallest absolute Gasteiger partial charge is 0.371 e. The molecule has 1 aliphatic heterocycles. The lowest BCUT2D eigenvalue weighted by atomic mass is 10.0. The summed E-state index contributed by atoms with van der Waals surface area (Å²) in [5, 5.41) is 2.90. The molecule has 116 valence electrons. The van der Waals surface area contributed by atoms with Crippen LogP contribution in [0.1, 0.15) is 12.8 Å². The van der Waals surface area contributed by atoms with E-state index in [1.165, 1.54) is 0 Å². The highest BCUT2D eigenvalue weighted by molar-refractivity contribution is 6.42. The SMILES string of the molecule is O=C(NC1CCN(c2ccc(Cl)c(Cl)c2)CC1)C(F)(F)F. The lowest BCUT2D eigenvalue weighted by Gasteiger charge is -2.34. The number of benzene rings is 1. The predicted molar refractivity (Wildman–Crippen MR) is 75.9 cm³/mol. The minimum Gasteiger partial charge on any atom is -0.371 e. The average molecular weight is 341 g/mol. The summed E-state index contributed by atoms with van der Waals surface area (Å²) in [6.45, 7) is 1.08. The largest absolute Gasteiger partial charge is 0.471 e. The number of hydrogen-bond acceptors (Lipinski definition) is 2. The Morgan fingerprint density at radius 2 is 1.81 bits per heavy atom. The highest BCUT2D eigenvalue weighted by Gasteiger charge is 2.40. The van der Waals surface area contributed by atoms with Gasteiger partial charge in [0.25, 0.3) is 0 Å². The topological polar surface area (TPSA) is 32.3 Å². The van der Waals surface area contributed by atoms with Gasteiger partial charge < -0.3 is 10.2 Å². The number of rotatable bonds is 2. The molecule has 0 aliphatic carbocycles. The highest BCUT2D eigenvalue weighted by atomic mass is 35.5. The molecule has 0 aromatic heterocycles. The van der Waals surface area contributed by atoms with Gasteiger partial charge in [0.05, 0.1) is 10.0 Å². The molecule has 0 radical (unpaired) electrons. The maximum Gasteiger partial charge on any atom is 0.471 e. The van der Waals surface area contributed by atoms with Crippen molar-refractivity contribution in [1.82, 2.24) is 5.32 Å². The summed E-state index contributed by atoms with van der Waals surface area (Å²) >= 11 is 11.8. The quantitative estimate of drug-likeness (QED) is 0.891. The summed E-state index contributed by atoms with van der Waals surface area (Å²) in [6, 6.07) is 4.75. The number of carbonyl (C=O) groups excluding carboxylic acids is 1. The van der Waals surface area contributed by atoms with Crippen LogP contribution < -0.4 is 10.2 Å². The molecule has 0 bridgehead atoms. The Labute approximate surface area is 130 Å². The summed E-state index contributed by atoms with van der Waals surface area (Å²) in [6.07, 6.45) is -3.94. The van der Waals surface area contributed by atoms with Crippen molar-refractivity contribution >= 4 is 34.8 Å². The van der Waals surface area contributed by atoms with Crippen molar-refractivity contribution in [2.75, 3.05) is 18.0 Å². The van der Waals surface area contributed by atoms with E-state index in [0.717, 1.165) is 5.69 Å². The molecular formula is C13H13Cl2F3N2O. The lowest BCUT2D eigenvalue weighted by Crippen LogP contribution is -2.48. The number of carbonyl (C=O) groups is 1. The molecule has 1 aromatic carbocycles. The van der Waals surface area contributed by atoms with Crippen molar-refractivity contribution < 1.29 is 18.0 Å². The maximum atomic E-state index is 12.2. The van der Waals surface area contributed by atoms with Gasteiger partial charge in [0.15, 0.2) is 0 Å². The summed E-state index contributed by atoms with van der Waals surface area (Å²) < 4.78 is 36.5. The van der Waals surface area contributed by atoms with Crippen LogP contribution in [0.5, 0.6) is 0 Å². The molecule has 3 nitrogen and oxygen atoms in total. The third-order valence-electron chi connectivity index (χ3n) is 3.36. The first kappa shape index (κ1) is 16.2. The molecule has 1 heterocycles. The number of hydrogen-bond donors (Lipinski definition) is 1. The van der Waals surface area contributed by atoms with Crippen LogP contribution in [0.3, 0.4) is 0 Å². The van der Waals surface area contributed by atoms with Gasteiger partial charge in [0, 0.05) is 24.8 Å². The van der Waals surface area contributed by atoms with Gasteiger partial charge in [-0.2, -0.15) is 13.2 Å². The van der Waals surface area contributed by atoms with E-state index in [4.69, 9.17) is 23.2 Å². The van der Waals surface area contributed by atoms with Crippen LogP contribution in [0, 0.1) is 0 Å². The Morgan fingerprint density at radius 3 is 2.33 bits per heavy atom. The molecule has 8 heteroatoms. The van der Waals surface area contributed by atoms with E-state index in [2.05, 4.69) is 0 Å². The number of halogens is 5. The molecule has 1 aromatic rings. The second kappa shape index (κ2) is 6.32. The van der Waals surface area contributed by atoms with Gasteiger partial charge in [-0.1, -0.05) is 23.2 Å². The number of piperidine rings is 1. The van der Waals surface area contributed by atoms with Crippen molar-refractivity contribution in [3.05, 3.63) is 28.2 Å². The number of nitrogens with one attached hydrogen (secondary N) is 1. The second-order valence-electron chi connectivity index (χ2n) is 4.83.